The van der Waals surface area contributed by atoms with E-state index in [0.717, 1.165) is 0 Å². The minimum atomic E-state index is -0.500. The van der Waals surface area contributed by atoms with Gasteiger partial charge >= 0.3 is 0 Å². The molecule has 0 aliphatic rings. The van der Waals surface area contributed by atoms with Crippen molar-refractivity contribution in [3.05, 3.63) is 0 Å². The van der Waals surface area contributed by atoms with E-state index in [2.05, 4.69) is 26.9 Å². The lowest BCUT2D eigenvalue weighted by Gasteiger charge is -2.10. The Morgan fingerprint density at radius 1 is 0.476 bits per heavy atom. The highest BCUT2D eigenvalue weighted by Crippen LogP contribution is 2.47. The fraction of sp³-hybridized carbons (Fsp3) is 1.00. The summed E-state index contributed by atoms with van der Waals surface area (Å²) in [6.45, 7) is 9.70. The molecule has 0 aromatic carbocycles. The molecule has 0 radical (unpaired) electrons. The Labute approximate surface area is 136 Å². The van der Waals surface area contributed by atoms with Crippen molar-refractivity contribution >= 4 is 7.26 Å². The highest BCUT2D eigenvalue weighted by atomic mass is 31.2. The van der Waals surface area contributed by atoms with Crippen LogP contribution in [0.15, 0.2) is 0 Å². The van der Waals surface area contributed by atoms with E-state index in [4.69, 9.17) is 0 Å². The van der Waals surface area contributed by atoms with Crippen molar-refractivity contribution < 1.29 is 5.48 Å². The topological polar surface area (TPSA) is 30.0 Å². The standard InChI is InChI=1S/C19H42P.H2O/c1-5-6-7-8-9-10-11-12-13-14-15-16-17-18-19-20(2,3)4;/h5-19H2,1-4H3;1H2/q+1;/p-1. The fourth-order valence-corrected chi connectivity index (χ4v) is 3.95. The molecular formula is C19H43OP. The van der Waals surface area contributed by atoms with Gasteiger partial charge in [0.1, 0.15) is 0 Å². The first-order chi connectivity index (χ1) is 9.56. The number of hydrogen-bond acceptors (Lipinski definition) is 1. The van der Waals surface area contributed by atoms with E-state index in [1.54, 1.807) is 0 Å². The van der Waals surface area contributed by atoms with E-state index in [0.29, 0.717) is 0 Å². The van der Waals surface area contributed by atoms with E-state index in [9.17, 15) is 0 Å². The lowest BCUT2D eigenvalue weighted by atomic mass is 10.0. The molecule has 1 N–H and O–H groups in total. The largest absolute Gasteiger partial charge is 0.870 e. The zero-order chi connectivity index (χ0) is 15.1. The van der Waals surface area contributed by atoms with Crippen LogP contribution in [0.2, 0.25) is 0 Å². The summed E-state index contributed by atoms with van der Waals surface area (Å²) >= 11 is 0. The molecule has 0 atom stereocenters. The van der Waals surface area contributed by atoms with E-state index in [-0.39, 0.29) is 5.48 Å². The molecule has 0 aliphatic carbocycles. The van der Waals surface area contributed by atoms with Crippen LogP contribution in [-0.4, -0.2) is 31.6 Å². The maximum Gasteiger partial charge on any atom is 0.0586 e. The van der Waals surface area contributed by atoms with Gasteiger partial charge in [0.25, 0.3) is 0 Å². The average molecular weight is 319 g/mol. The molecule has 0 spiro atoms. The monoisotopic (exact) mass is 318 g/mol. The van der Waals surface area contributed by atoms with Gasteiger partial charge in [-0.15, -0.1) is 0 Å². The van der Waals surface area contributed by atoms with Crippen LogP contribution in [-0.2, 0) is 0 Å². The molecule has 0 saturated heterocycles. The molecule has 21 heavy (non-hydrogen) atoms. The van der Waals surface area contributed by atoms with Gasteiger partial charge < -0.3 is 5.48 Å². The smallest absolute Gasteiger partial charge is 0.0586 e. The first kappa shape index (κ1) is 23.7. The van der Waals surface area contributed by atoms with E-state index >= 15 is 0 Å². The molecule has 2 heteroatoms. The summed E-state index contributed by atoms with van der Waals surface area (Å²) < 4.78 is 0. The van der Waals surface area contributed by atoms with Crippen LogP contribution in [0.3, 0.4) is 0 Å². The zero-order valence-electron chi connectivity index (χ0n) is 15.5. The van der Waals surface area contributed by atoms with Crippen molar-refractivity contribution in [1.29, 1.82) is 0 Å². The first-order valence-corrected chi connectivity index (χ1v) is 12.7. The second-order valence-electron chi connectivity index (χ2n) is 7.61. The summed E-state index contributed by atoms with van der Waals surface area (Å²) in [7, 11) is -0.500. The van der Waals surface area contributed by atoms with Gasteiger partial charge in [0.2, 0.25) is 0 Å². The highest BCUT2D eigenvalue weighted by Gasteiger charge is 2.15. The molecule has 0 heterocycles. The average Bonchev–Trinajstić information content (AvgIpc) is 2.38. The molecular weight excluding hydrogens is 275 g/mol. The molecule has 0 unspecified atom stereocenters. The van der Waals surface area contributed by atoms with Gasteiger partial charge in [-0.1, -0.05) is 84.0 Å². The summed E-state index contributed by atoms with van der Waals surface area (Å²) in [6, 6.07) is 0. The summed E-state index contributed by atoms with van der Waals surface area (Å²) in [5, 5.41) is 0. The fourth-order valence-electron chi connectivity index (χ4n) is 2.78. The lowest BCUT2D eigenvalue weighted by Crippen LogP contribution is -1.92. The quantitative estimate of drug-likeness (QED) is 0.232. The Morgan fingerprint density at radius 2 is 0.762 bits per heavy atom. The van der Waals surface area contributed by atoms with Crippen molar-refractivity contribution in [3.63, 3.8) is 0 Å². The summed E-state index contributed by atoms with van der Waals surface area (Å²) in [4.78, 5) is 0. The van der Waals surface area contributed by atoms with E-state index in [1.807, 2.05) is 0 Å². The molecule has 0 bridgehead atoms. The van der Waals surface area contributed by atoms with Gasteiger partial charge in [-0.05, 0) is 12.8 Å². The second-order valence-corrected chi connectivity index (χ2v) is 12.6. The summed E-state index contributed by atoms with van der Waals surface area (Å²) in [6.07, 6.45) is 22.1. The maximum atomic E-state index is 2.47. The molecule has 0 aromatic rings. The highest BCUT2D eigenvalue weighted by molar-refractivity contribution is 7.73. The van der Waals surface area contributed by atoms with Gasteiger partial charge in [0, 0.05) is 27.3 Å². The predicted molar refractivity (Wildman–Crippen MR) is 102 cm³/mol. The second kappa shape index (κ2) is 16.8. The van der Waals surface area contributed by atoms with Crippen LogP contribution in [0.25, 0.3) is 0 Å². The number of hydrogen-bond donors (Lipinski definition) is 0. The van der Waals surface area contributed by atoms with Crippen LogP contribution >= 0.6 is 7.26 Å². The third kappa shape index (κ3) is 22.8. The van der Waals surface area contributed by atoms with Crippen LogP contribution in [0.5, 0.6) is 0 Å². The Balaban J connectivity index is 0. The third-order valence-electron chi connectivity index (χ3n) is 4.18. The maximum absolute atomic E-state index is 2.47. The van der Waals surface area contributed by atoms with E-state index in [1.165, 1.54) is 96.1 Å². The number of rotatable bonds is 15. The van der Waals surface area contributed by atoms with Crippen LogP contribution < -0.4 is 0 Å². The van der Waals surface area contributed by atoms with Crippen molar-refractivity contribution in [2.75, 3.05) is 26.2 Å². The molecule has 0 aromatic heterocycles. The van der Waals surface area contributed by atoms with Crippen molar-refractivity contribution in [2.45, 2.75) is 96.8 Å². The molecule has 0 rings (SSSR count). The molecule has 0 fully saturated rings. The van der Waals surface area contributed by atoms with Crippen molar-refractivity contribution in [3.8, 4) is 0 Å². The third-order valence-corrected chi connectivity index (χ3v) is 5.84. The van der Waals surface area contributed by atoms with Gasteiger partial charge in [0.15, 0.2) is 0 Å². The first-order valence-electron chi connectivity index (χ1n) is 9.36. The van der Waals surface area contributed by atoms with Gasteiger partial charge in [-0.2, -0.15) is 0 Å². The molecule has 0 aliphatic heterocycles. The molecule has 0 saturated carbocycles. The van der Waals surface area contributed by atoms with Crippen LogP contribution in [0.1, 0.15) is 96.8 Å². The molecule has 0 amide bonds. The van der Waals surface area contributed by atoms with Gasteiger partial charge in [-0.25, -0.2) is 0 Å². The SMILES string of the molecule is CCCCCCCCCCCCCCCC[P+](C)(C)C.[OH-]. The summed E-state index contributed by atoms with van der Waals surface area (Å²) in [5.41, 5.74) is 0. The minimum Gasteiger partial charge on any atom is -0.870 e. The van der Waals surface area contributed by atoms with E-state index < -0.39 is 7.26 Å². The number of unbranched alkanes of at least 4 members (excludes halogenated alkanes) is 13. The Bertz CT molecular complexity index is 186. The Morgan fingerprint density at radius 3 is 1.05 bits per heavy atom. The zero-order valence-corrected chi connectivity index (χ0v) is 16.4. The summed E-state index contributed by atoms with van der Waals surface area (Å²) in [5.74, 6) is 0. The molecule has 130 valence electrons. The Hall–Kier alpha value is 0.390. The Kier molecular flexibility index (Phi) is 18.9. The van der Waals surface area contributed by atoms with Crippen LogP contribution in [0, 0.1) is 0 Å². The van der Waals surface area contributed by atoms with Crippen LogP contribution in [0.4, 0.5) is 0 Å². The predicted octanol–water partition coefficient (Wildman–Crippen LogP) is 7.20. The minimum absolute atomic E-state index is 0. The van der Waals surface area contributed by atoms with Crippen molar-refractivity contribution in [1.82, 2.24) is 0 Å². The lowest BCUT2D eigenvalue weighted by molar-refractivity contribution is 0.538. The van der Waals surface area contributed by atoms with Gasteiger partial charge in [0.05, 0.1) is 6.16 Å². The normalized spacial score (nSPS) is 11.4. The van der Waals surface area contributed by atoms with Gasteiger partial charge in [-0.3, -0.25) is 0 Å². The molecule has 1 nitrogen and oxygen atoms in total. The van der Waals surface area contributed by atoms with Crippen molar-refractivity contribution in [2.24, 2.45) is 0 Å².